The van der Waals surface area contributed by atoms with Crippen LogP contribution in [0.1, 0.15) is 0 Å². The maximum atomic E-state index is 0. The first-order valence-electron chi connectivity index (χ1n) is 0. The number of hydrogen-bond acceptors (Lipinski definition) is 0. The third-order valence-electron chi connectivity index (χ3n) is 0. The molecule has 10 heavy (non-hydrogen) atoms. The van der Waals surface area contributed by atoms with E-state index in [4.69, 9.17) is 0 Å². The molecule has 0 unspecified atom stereocenters. The maximum Gasteiger partial charge on any atom is 0 e. The molecule has 10 heteroatoms. The van der Waals surface area contributed by atoms with Crippen molar-refractivity contribution in [2.75, 3.05) is 0 Å². The minimum atomic E-state index is 0. The van der Waals surface area contributed by atoms with Gasteiger partial charge in [-0.3, -0.25) is 0 Å². The van der Waals surface area contributed by atoms with E-state index in [1.165, 1.54) is 0 Å². The first-order valence-corrected chi connectivity index (χ1v) is 0. The Hall–Kier alpha value is 7.23. The third kappa shape index (κ3) is 59.0. The van der Waals surface area contributed by atoms with Crippen LogP contribution in [0.15, 0.2) is 0 Å². The van der Waals surface area contributed by atoms with E-state index in [0.29, 0.717) is 0 Å². The first-order chi connectivity index (χ1) is 0. The van der Waals surface area contributed by atoms with Gasteiger partial charge in [-0.1, -0.05) is 0 Å². The maximum absolute atomic E-state index is 0. The van der Waals surface area contributed by atoms with E-state index < -0.39 is 0 Å². The second-order valence-electron chi connectivity index (χ2n) is 0. The van der Waals surface area contributed by atoms with E-state index in [1.54, 1.807) is 0 Å². The van der Waals surface area contributed by atoms with Crippen molar-refractivity contribution in [1.82, 2.24) is 0 Å². The zero-order valence-electron chi connectivity index (χ0n) is 7.07. The fourth-order valence-corrected chi connectivity index (χ4v) is 0. The van der Waals surface area contributed by atoms with Crippen molar-refractivity contribution in [3.05, 3.63) is 0 Å². The molecule has 14 radical (unpaired) electrons. The van der Waals surface area contributed by atoms with Crippen molar-refractivity contribution >= 4 is 161 Å². The molecular formula is Mg7Zn3. The molecule has 0 saturated heterocycles. The average molecular weight is 366 g/mol. The van der Waals surface area contributed by atoms with Crippen molar-refractivity contribution in [1.29, 1.82) is 0 Å². The van der Waals surface area contributed by atoms with Crippen molar-refractivity contribution in [3.63, 3.8) is 0 Å². The molecule has 0 rings (SSSR count). The van der Waals surface area contributed by atoms with E-state index in [-0.39, 0.29) is 220 Å². The van der Waals surface area contributed by atoms with Gasteiger partial charge in [0.2, 0.25) is 0 Å². The van der Waals surface area contributed by atoms with Crippen LogP contribution in [-0.4, -0.2) is 161 Å². The van der Waals surface area contributed by atoms with Crippen molar-refractivity contribution in [2.24, 2.45) is 0 Å². The van der Waals surface area contributed by atoms with E-state index in [2.05, 4.69) is 0 Å². The molecule has 0 N–H and O–H groups in total. The second kappa shape index (κ2) is 72.0. The SMILES string of the molecule is [Mg].[Mg].[Mg].[Mg].[Mg].[Mg].[Mg].[Zn].[Zn].[Zn]. The van der Waals surface area contributed by atoms with Crippen molar-refractivity contribution < 1.29 is 58.4 Å². The summed E-state index contributed by atoms with van der Waals surface area (Å²) in [5.74, 6) is 0. The molecule has 0 saturated carbocycles. The molecule has 0 aliphatic rings. The van der Waals surface area contributed by atoms with E-state index in [1.807, 2.05) is 0 Å². The predicted octanol–water partition coefficient (Wildman–Crippen LogP) is -2.67. The molecule has 0 aromatic carbocycles. The van der Waals surface area contributed by atoms with Crippen LogP contribution >= 0.6 is 0 Å². The molecule has 0 aromatic rings. The van der Waals surface area contributed by atoms with Crippen LogP contribution in [0.2, 0.25) is 0 Å². The predicted molar refractivity (Wildman–Crippen MR) is 40.3 cm³/mol. The van der Waals surface area contributed by atoms with Gasteiger partial charge in [0, 0.05) is 220 Å². The molecular weight excluding hydrogens is 366 g/mol. The van der Waals surface area contributed by atoms with E-state index in [9.17, 15) is 0 Å². The zero-order chi connectivity index (χ0) is 0. The summed E-state index contributed by atoms with van der Waals surface area (Å²) < 4.78 is 0. The van der Waals surface area contributed by atoms with E-state index >= 15 is 0 Å². The Balaban J connectivity index is 0. The summed E-state index contributed by atoms with van der Waals surface area (Å²) in [4.78, 5) is 0. The van der Waals surface area contributed by atoms with Gasteiger partial charge in [-0.25, -0.2) is 0 Å². The van der Waals surface area contributed by atoms with Gasteiger partial charge in [0.1, 0.15) is 0 Å². The Morgan fingerprint density at radius 1 is 0.200 bits per heavy atom. The molecule has 0 aromatic heterocycles. The van der Waals surface area contributed by atoms with Gasteiger partial charge in [0.15, 0.2) is 0 Å². The van der Waals surface area contributed by atoms with Gasteiger partial charge in [0.25, 0.3) is 0 Å². The molecule has 0 fully saturated rings. The van der Waals surface area contributed by atoms with Gasteiger partial charge < -0.3 is 0 Å². The van der Waals surface area contributed by atoms with Crippen LogP contribution in [0.3, 0.4) is 0 Å². The summed E-state index contributed by atoms with van der Waals surface area (Å²) in [6.45, 7) is 0. The summed E-state index contributed by atoms with van der Waals surface area (Å²) in [6, 6.07) is 0. The van der Waals surface area contributed by atoms with Gasteiger partial charge in [-0.15, -0.1) is 0 Å². The molecule has 0 bridgehead atoms. The smallest absolute Gasteiger partial charge is 0 e. The van der Waals surface area contributed by atoms with Crippen LogP contribution < -0.4 is 0 Å². The number of rotatable bonds is 0. The number of hydrogen-bond donors (Lipinski definition) is 0. The normalized spacial score (nSPS) is 0. The van der Waals surface area contributed by atoms with Crippen molar-refractivity contribution in [3.8, 4) is 0 Å². The fraction of sp³-hybridized carbons (Fsp3) is 0. The minimum absolute atomic E-state index is 0. The molecule has 0 aliphatic heterocycles. The van der Waals surface area contributed by atoms with Crippen LogP contribution in [0.4, 0.5) is 0 Å². The van der Waals surface area contributed by atoms with Crippen LogP contribution in [0.5, 0.6) is 0 Å². The molecule has 0 amide bonds. The molecule has 0 nitrogen and oxygen atoms in total. The van der Waals surface area contributed by atoms with Gasteiger partial charge in [-0.05, 0) is 0 Å². The molecule has 0 spiro atoms. The Kier molecular flexibility index (Phi) is 625. The third-order valence-corrected chi connectivity index (χ3v) is 0. The molecule has 0 heterocycles. The Labute approximate surface area is 214 Å². The summed E-state index contributed by atoms with van der Waals surface area (Å²) in [5, 5.41) is 0. The topological polar surface area (TPSA) is 0 Å². The van der Waals surface area contributed by atoms with E-state index in [0.717, 1.165) is 0 Å². The van der Waals surface area contributed by atoms with Gasteiger partial charge >= 0.3 is 0 Å². The van der Waals surface area contributed by atoms with Crippen LogP contribution in [0.25, 0.3) is 0 Å². The minimum Gasteiger partial charge on any atom is 0 e. The van der Waals surface area contributed by atoms with Crippen molar-refractivity contribution in [2.45, 2.75) is 0 Å². The summed E-state index contributed by atoms with van der Waals surface area (Å²) in [6.07, 6.45) is 0. The summed E-state index contributed by atoms with van der Waals surface area (Å²) in [5.41, 5.74) is 0. The monoisotopic (exact) mass is 360 g/mol. The van der Waals surface area contributed by atoms with Crippen LogP contribution in [0, 0.1) is 0 Å². The quantitative estimate of drug-likeness (QED) is 0.411. The first kappa shape index (κ1) is 86.8. The van der Waals surface area contributed by atoms with Crippen LogP contribution in [-0.2, 0) is 58.4 Å². The second-order valence-corrected chi connectivity index (χ2v) is 0. The van der Waals surface area contributed by atoms with Gasteiger partial charge in [-0.2, -0.15) is 0 Å². The average Bonchev–Trinajstić information content (AvgIpc) is 0. The van der Waals surface area contributed by atoms with Gasteiger partial charge in [0.05, 0.1) is 0 Å². The molecule has 0 aliphatic carbocycles. The largest absolute Gasteiger partial charge is 0 e. The fourth-order valence-electron chi connectivity index (χ4n) is 0. The molecule has 20 valence electrons. The Morgan fingerprint density at radius 3 is 0.200 bits per heavy atom. The Morgan fingerprint density at radius 2 is 0.200 bits per heavy atom. The standard InChI is InChI=1S/7Mg.3Zn. The molecule has 0 atom stereocenters. The summed E-state index contributed by atoms with van der Waals surface area (Å²) >= 11 is 0. The summed E-state index contributed by atoms with van der Waals surface area (Å²) in [7, 11) is 0. The Bertz CT molecular complexity index is 8.81. The zero-order valence-corrected chi connectivity index (χ0v) is 25.9.